The fourth-order valence-electron chi connectivity index (χ4n) is 2.80. The minimum Gasteiger partial charge on any atom is -0.497 e. The van der Waals surface area contributed by atoms with Crippen molar-refractivity contribution in [1.82, 2.24) is 4.98 Å². The summed E-state index contributed by atoms with van der Waals surface area (Å²) in [4.78, 5) is 16.7. The third-order valence-electron chi connectivity index (χ3n) is 4.33. The maximum absolute atomic E-state index is 13.7. The highest BCUT2D eigenvalue weighted by atomic mass is 19.1. The summed E-state index contributed by atoms with van der Waals surface area (Å²) >= 11 is 0. The first-order chi connectivity index (χ1) is 14.1. The van der Waals surface area contributed by atoms with Crippen molar-refractivity contribution in [2.75, 3.05) is 31.4 Å². The Hall–Kier alpha value is -3.61. The summed E-state index contributed by atoms with van der Waals surface area (Å²) in [6.45, 7) is 0.526. The highest BCUT2D eigenvalue weighted by Crippen LogP contribution is 2.29. The smallest absolute Gasteiger partial charge is 0.274 e. The van der Waals surface area contributed by atoms with Gasteiger partial charge in [0.1, 0.15) is 23.0 Å². The maximum Gasteiger partial charge on any atom is 0.274 e. The molecule has 0 radical (unpaired) electrons. The highest BCUT2D eigenvalue weighted by molar-refractivity contribution is 6.04. The van der Waals surface area contributed by atoms with Gasteiger partial charge in [0.15, 0.2) is 0 Å². The number of halogens is 1. The number of rotatable bonds is 8. The molecule has 0 saturated heterocycles. The van der Waals surface area contributed by atoms with Crippen molar-refractivity contribution in [2.24, 2.45) is 0 Å². The van der Waals surface area contributed by atoms with Crippen LogP contribution in [0.2, 0.25) is 0 Å². The van der Waals surface area contributed by atoms with Gasteiger partial charge in [0, 0.05) is 24.5 Å². The number of hydrogen-bond donors (Lipinski definition) is 2. The second kappa shape index (κ2) is 9.54. The van der Waals surface area contributed by atoms with Gasteiger partial charge in [-0.25, -0.2) is 4.39 Å². The number of carbonyl (C=O) groups is 1. The molecule has 2 N–H and O–H groups in total. The number of ether oxygens (including phenoxy) is 2. The van der Waals surface area contributed by atoms with E-state index in [-0.39, 0.29) is 17.4 Å². The van der Waals surface area contributed by atoms with Gasteiger partial charge in [0.2, 0.25) is 0 Å². The molecule has 0 fully saturated rings. The molecule has 29 heavy (non-hydrogen) atoms. The molecule has 150 valence electrons. The summed E-state index contributed by atoms with van der Waals surface area (Å²) in [6, 6.07) is 15.2. The van der Waals surface area contributed by atoms with E-state index in [4.69, 9.17) is 9.47 Å². The van der Waals surface area contributed by atoms with Crippen LogP contribution in [-0.2, 0) is 6.42 Å². The Balaban J connectivity index is 1.64. The number of anilines is 2. The second-order valence-electron chi connectivity index (χ2n) is 6.22. The molecule has 0 saturated carbocycles. The number of aromatic nitrogens is 1. The van der Waals surface area contributed by atoms with E-state index < -0.39 is 0 Å². The lowest BCUT2D eigenvalue weighted by Crippen LogP contribution is -2.15. The molecule has 0 bridgehead atoms. The Bertz CT molecular complexity index is 995. The summed E-state index contributed by atoms with van der Waals surface area (Å²) in [5.41, 5.74) is 2.12. The Labute approximate surface area is 168 Å². The number of nitrogens with zero attached hydrogens (tertiary/aromatic N) is 1. The lowest BCUT2D eigenvalue weighted by molar-refractivity contribution is 0.102. The maximum atomic E-state index is 13.7. The largest absolute Gasteiger partial charge is 0.497 e. The zero-order valence-corrected chi connectivity index (χ0v) is 16.2. The molecule has 0 unspecified atom stereocenters. The topological polar surface area (TPSA) is 72.5 Å². The van der Waals surface area contributed by atoms with Crippen LogP contribution in [0, 0.1) is 5.82 Å². The lowest BCUT2D eigenvalue weighted by Gasteiger charge is -2.12. The number of hydrogen-bond acceptors (Lipinski definition) is 5. The van der Waals surface area contributed by atoms with Crippen LogP contribution < -0.4 is 20.1 Å². The van der Waals surface area contributed by atoms with Gasteiger partial charge in [-0.2, -0.15) is 0 Å². The molecular weight excluding hydrogens is 373 g/mol. The zero-order chi connectivity index (χ0) is 20.6. The fourth-order valence-corrected chi connectivity index (χ4v) is 2.80. The Kier molecular flexibility index (Phi) is 6.63. The molecule has 1 heterocycles. The third-order valence-corrected chi connectivity index (χ3v) is 4.33. The van der Waals surface area contributed by atoms with Gasteiger partial charge < -0.3 is 20.1 Å². The van der Waals surface area contributed by atoms with E-state index in [1.807, 2.05) is 0 Å². The van der Waals surface area contributed by atoms with Crippen LogP contribution >= 0.6 is 0 Å². The Morgan fingerprint density at radius 1 is 1.07 bits per heavy atom. The molecule has 6 nitrogen and oxygen atoms in total. The first-order valence-electron chi connectivity index (χ1n) is 9.07. The molecule has 1 amide bonds. The van der Waals surface area contributed by atoms with Crippen LogP contribution in [0.5, 0.6) is 11.5 Å². The van der Waals surface area contributed by atoms with E-state index in [1.54, 1.807) is 61.8 Å². The predicted molar refractivity (Wildman–Crippen MR) is 110 cm³/mol. The molecule has 0 atom stereocenters. The average molecular weight is 395 g/mol. The molecule has 0 aliphatic heterocycles. The third kappa shape index (κ3) is 5.22. The van der Waals surface area contributed by atoms with E-state index >= 15 is 0 Å². The summed E-state index contributed by atoms with van der Waals surface area (Å²) in [5, 5.41) is 5.98. The summed E-state index contributed by atoms with van der Waals surface area (Å²) in [5.74, 6) is 0.514. The fraction of sp³-hybridized carbons (Fsp3) is 0.182. The number of methoxy groups -OCH3 is 2. The van der Waals surface area contributed by atoms with Crippen molar-refractivity contribution in [1.29, 1.82) is 0 Å². The molecule has 1 aromatic heterocycles. The normalized spacial score (nSPS) is 10.3. The quantitative estimate of drug-likeness (QED) is 0.600. The number of pyridine rings is 1. The number of benzene rings is 2. The number of nitrogens with one attached hydrogen (secondary N) is 2. The summed E-state index contributed by atoms with van der Waals surface area (Å²) in [6.07, 6.45) is 2.07. The molecule has 0 spiro atoms. The summed E-state index contributed by atoms with van der Waals surface area (Å²) < 4.78 is 24.1. The van der Waals surface area contributed by atoms with Gasteiger partial charge in [-0.05, 0) is 42.3 Å². The van der Waals surface area contributed by atoms with Gasteiger partial charge in [-0.1, -0.05) is 18.2 Å². The van der Waals surface area contributed by atoms with E-state index in [1.165, 1.54) is 13.2 Å². The second-order valence-corrected chi connectivity index (χ2v) is 6.22. The Morgan fingerprint density at radius 3 is 2.66 bits per heavy atom. The average Bonchev–Trinajstić information content (AvgIpc) is 2.75. The van der Waals surface area contributed by atoms with Crippen LogP contribution in [0.1, 0.15) is 16.1 Å². The van der Waals surface area contributed by atoms with Gasteiger partial charge >= 0.3 is 0 Å². The monoisotopic (exact) mass is 395 g/mol. The summed E-state index contributed by atoms with van der Waals surface area (Å²) in [7, 11) is 3.07. The first-order valence-corrected chi connectivity index (χ1v) is 9.07. The molecule has 7 heteroatoms. The first kappa shape index (κ1) is 20.1. The van der Waals surface area contributed by atoms with Crippen molar-refractivity contribution in [3.63, 3.8) is 0 Å². The van der Waals surface area contributed by atoms with Crippen LogP contribution in [0.25, 0.3) is 0 Å². The molecule has 0 aliphatic carbocycles. The number of carbonyl (C=O) groups excluding carboxylic acids is 1. The van der Waals surface area contributed by atoms with Crippen molar-refractivity contribution in [2.45, 2.75) is 6.42 Å². The molecule has 3 aromatic rings. The van der Waals surface area contributed by atoms with Gasteiger partial charge in [-0.3, -0.25) is 9.78 Å². The van der Waals surface area contributed by atoms with Crippen molar-refractivity contribution in [3.05, 3.63) is 77.9 Å². The van der Waals surface area contributed by atoms with E-state index in [0.717, 1.165) is 5.69 Å². The predicted octanol–water partition coefficient (Wildman–Crippen LogP) is 4.14. The van der Waals surface area contributed by atoms with Crippen molar-refractivity contribution >= 4 is 17.3 Å². The van der Waals surface area contributed by atoms with Gasteiger partial charge in [0.05, 0.1) is 19.9 Å². The SMILES string of the molecule is COc1ccc(NC(=O)c2cc(NCCc3ccccc3F)ccn2)c(OC)c1. The minimum absolute atomic E-state index is 0.225. The Morgan fingerprint density at radius 2 is 1.90 bits per heavy atom. The van der Waals surface area contributed by atoms with Crippen LogP contribution in [0.3, 0.4) is 0 Å². The van der Waals surface area contributed by atoms with Gasteiger partial charge in [-0.15, -0.1) is 0 Å². The minimum atomic E-state index is -0.369. The van der Waals surface area contributed by atoms with Gasteiger partial charge in [0.25, 0.3) is 5.91 Å². The van der Waals surface area contributed by atoms with E-state index in [9.17, 15) is 9.18 Å². The molecule has 2 aromatic carbocycles. The lowest BCUT2D eigenvalue weighted by atomic mass is 10.1. The van der Waals surface area contributed by atoms with E-state index in [2.05, 4.69) is 15.6 Å². The van der Waals surface area contributed by atoms with Crippen LogP contribution in [0.4, 0.5) is 15.8 Å². The van der Waals surface area contributed by atoms with E-state index in [0.29, 0.717) is 35.7 Å². The highest BCUT2D eigenvalue weighted by Gasteiger charge is 2.12. The zero-order valence-electron chi connectivity index (χ0n) is 16.2. The standard InChI is InChI=1S/C22H22FN3O3/c1-28-17-7-8-19(21(14-17)29-2)26-22(27)20-13-16(10-12-25-20)24-11-9-15-5-3-4-6-18(15)23/h3-8,10,12-14H,9,11H2,1-2H3,(H,24,25)(H,26,27). The molecule has 3 rings (SSSR count). The number of amides is 1. The van der Waals surface area contributed by atoms with Crippen LogP contribution in [0.15, 0.2) is 60.8 Å². The molecular formula is C22H22FN3O3. The van der Waals surface area contributed by atoms with Crippen molar-refractivity contribution < 1.29 is 18.7 Å². The molecule has 0 aliphatic rings. The van der Waals surface area contributed by atoms with Crippen molar-refractivity contribution in [3.8, 4) is 11.5 Å². The van der Waals surface area contributed by atoms with Crippen LogP contribution in [-0.4, -0.2) is 31.7 Å².